The molecule has 0 radical (unpaired) electrons. The third-order valence-corrected chi connectivity index (χ3v) is 4.69. The molecule has 1 aromatic carbocycles. The zero-order chi connectivity index (χ0) is 11.6. The minimum Gasteiger partial charge on any atom is -0.398 e. The van der Waals surface area contributed by atoms with Gasteiger partial charge in [-0.25, -0.2) is 8.42 Å². The standard InChI is InChI=1S/C11H15NO3S/c12-10-3-1-2-4-11(10)16(13,14)8-9-5-6-15-7-9/h1-4,9H,5-8,12H2. The highest BCUT2D eigenvalue weighted by Crippen LogP contribution is 2.23. The molecule has 0 aliphatic carbocycles. The first-order chi connectivity index (χ1) is 7.59. The summed E-state index contributed by atoms with van der Waals surface area (Å²) in [6.45, 7) is 1.19. The van der Waals surface area contributed by atoms with Crippen molar-refractivity contribution in [2.75, 3.05) is 24.7 Å². The molecule has 0 saturated carbocycles. The summed E-state index contributed by atoms with van der Waals surface area (Å²) in [7, 11) is -3.28. The number of hydrogen-bond donors (Lipinski definition) is 1. The summed E-state index contributed by atoms with van der Waals surface area (Å²) >= 11 is 0. The Bertz CT molecular complexity index is 464. The lowest BCUT2D eigenvalue weighted by molar-refractivity contribution is 0.188. The van der Waals surface area contributed by atoms with Crippen LogP contribution in [0, 0.1) is 5.92 Å². The summed E-state index contributed by atoms with van der Waals surface area (Å²) < 4.78 is 29.3. The second kappa shape index (κ2) is 4.43. The molecule has 1 aliphatic heterocycles. The van der Waals surface area contributed by atoms with Gasteiger partial charge in [-0.15, -0.1) is 0 Å². The van der Waals surface area contributed by atoms with Crippen molar-refractivity contribution in [1.82, 2.24) is 0 Å². The van der Waals surface area contributed by atoms with Gasteiger partial charge in [0.05, 0.1) is 22.9 Å². The van der Waals surface area contributed by atoms with Gasteiger partial charge in [0.2, 0.25) is 0 Å². The van der Waals surface area contributed by atoms with Crippen LogP contribution in [0.15, 0.2) is 29.2 Å². The molecule has 1 fully saturated rings. The zero-order valence-corrected chi connectivity index (χ0v) is 9.74. The van der Waals surface area contributed by atoms with Crippen LogP contribution in [0.25, 0.3) is 0 Å². The predicted octanol–water partition coefficient (Wildman–Crippen LogP) is 1.08. The maximum absolute atomic E-state index is 12.1. The van der Waals surface area contributed by atoms with E-state index in [1.165, 1.54) is 0 Å². The molecule has 4 nitrogen and oxygen atoms in total. The molecule has 1 aliphatic rings. The van der Waals surface area contributed by atoms with E-state index in [4.69, 9.17) is 10.5 Å². The van der Waals surface area contributed by atoms with Gasteiger partial charge in [0.25, 0.3) is 0 Å². The smallest absolute Gasteiger partial charge is 0.180 e. The number of rotatable bonds is 3. The Balaban J connectivity index is 2.21. The molecule has 0 aromatic heterocycles. The Morgan fingerprint density at radius 3 is 2.75 bits per heavy atom. The molecule has 1 heterocycles. The zero-order valence-electron chi connectivity index (χ0n) is 8.93. The molecule has 2 N–H and O–H groups in total. The van der Waals surface area contributed by atoms with Crippen LogP contribution in [0.4, 0.5) is 5.69 Å². The Kier molecular flexibility index (Phi) is 3.16. The van der Waals surface area contributed by atoms with E-state index in [2.05, 4.69) is 0 Å². The molecule has 0 bridgehead atoms. The van der Waals surface area contributed by atoms with Crippen LogP contribution in [0.2, 0.25) is 0 Å². The second-order valence-corrected chi connectivity index (χ2v) is 6.05. The van der Waals surface area contributed by atoms with E-state index in [0.717, 1.165) is 6.42 Å². The average molecular weight is 241 g/mol. The predicted molar refractivity (Wildman–Crippen MR) is 61.8 cm³/mol. The first-order valence-corrected chi connectivity index (χ1v) is 6.90. The monoisotopic (exact) mass is 241 g/mol. The van der Waals surface area contributed by atoms with Crippen molar-refractivity contribution in [3.05, 3.63) is 24.3 Å². The molecule has 16 heavy (non-hydrogen) atoms. The summed E-state index contributed by atoms with van der Waals surface area (Å²) in [5.41, 5.74) is 5.99. The molecule has 1 aromatic rings. The Morgan fingerprint density at radius 2 is 2.12 bits per heavy atom. The van der Waals surface area contributed by atoms with Gasteiger partial charge in [-0.2, -0.15) is 0 Å². The van der Waals surface area contributed by atoms with E-state index in [-0.39, 0.29) is 16.6 Å². The van der Waals surface area contributed by atoms with Crippen LogP contribution < -0.4 is 5.73 Å². The number of sulfone groups is 1. The Morgan fingerprint density at radius 1 is 1.38 bits per heavy atom. The molecule has 88 valence electrons. The number of nitrogen functional groups attached to an aromatic ring is 1. The van der Waals surface area contributed by atoms with E-state index < -0.39 is 9.84 Å². The SMILES string of the molecule is Nc1ccccc1S(=O)(=O)CC1CCOC1. The molecule has 0 amide bonds. The summed E-state index contributed by atoms with van der Waals surface area (Å²) in [6.07, 6.45) is 0.811. The number of hydrogen-bond acceptors (Lipinski definition) is 4. The van der Waals surface area contributed by atoms with Crippen LogP contribution >= 0.6 is 0 Å². The van der Waals surface area contributed by atoms with Gasteiger partial charge < -0.3 is 10.5 Å². The van der Waals surface area contributed by atoms with Gasteiger partial charge in [-0.1, -0.05) is 12.1 Å². The fourth-order valence-electron chi connectivity index (χ4n) is 1.88. The third kappa shape index (κ3) is 2.36. The largest absolute Gasteiger partial charge is 0.398 e. The lowest BCUT2D eigenvalue weighted by Gasteiger charge is -2.10. The van der Waals surface area contributed by atoms with Gasteiger partial charge in [0, 0.05) is 6.61 Å². The van der Waals surface area contributed by atoms with E-state index in [9.17, 15) is 8.42 Å². The number of benzene rings is 1. The quantitative estimate of drug-likeness (QED) is 0.804. The first-order valence-electron chi connectivity index (χ1n) is 5.24. The molecule has 0 spiro atoms. The molecule has 5 heteroatoms. The first kappa shape index (κ1) is 11.4. The molecular formula is C11H15NO3S. The number of anilines is 1. The van der Waals surface area contributed by atoms with Gasteiger partial charge >= 0.3 is 0 Å². The van der Waals surface area contributed by atoms with Crippen LogP contribution in [0.3, 0.4) is 0 Å². The Labute approximate surface area is 95.3 Å². The lowest BCUT2D eigenvalue weighted by atomic mass is 10.2. The van der Waals surface area contributed by atoms with Crippen LogP contribution in [-0.2, 0) is 14.6 Å². The highest BCUT2D eigenvalue weighted by molar-refractivity contribution is 7.91. The van der Waals surface area contributed by atoms with Crippen molar-refractivity contribution >= 4 is 15.5 Å². The highest BCUT2D eigenvalue weighted by Gasteiger charge is 2.25. The third-order valence-electron chi connectivity index (χ3n) is 2.73. The minimum absolute atomic E-state index is 0.101. The van der Waals surface area contributed by atoms with E-state index in [0.29, 0.717) is 18.9 Å². The van der Waals surface area contributed by atoms with E-state index in [1.807, 2.05) is 0 Å². The van der Waals surface area contributed by atoms with Gasteiger partial charge in [-0.05, 0) is 24.5 Å². The van der Waals surface area contributed by atoms with Crippen molar-refractivity contribution in [3.8, 4) is 0 Å². The lowest BCUT2D eigenvalue weighted by Crippen LogP contribution is -2.17. The molecule has 1 saturated heterocycles. The van der Waals surface area contributed by atoms with Crippen molar-refractivity contribution in [3.63, 3.8) is 0 Å². The van der Waals surface area contributed by atoms with Crippen molar-refractivity contribution in [1.29, 1.82) is 0 Å². The molecule has 1 unspecified atom stereocenters. The van der Waals surface area contributed by atoms with E-state index in [1.54, 1.807) is 24.3 Å². The van der Waals surface area contributed by atoms with Crippen LogP contribution in [0.1, 0.15) is 6.42 Å². The minimum atomic E-state index is -3.28. The van der Waals surface area contributed by atoms with Crippen LogP contribution in [0.5, 0.6) is 0 Å². The van der Waals surface area contributed by atoms with Crippen molar-refractivity contribution < 1.29 is 13.2 Å². The number of para-hydroxylation sites is 1. The molecular weight excluding hydrogens is 226 g/mol. The van der Waals surface area contributed by atoms with Crippen molar-refractivity contribution in [2.45, 2.75) is 11.3 Å². The summed E-state index contributed by atoms with van der Waals surface area (Å²) in [6, 6.07) is 6.58. The highest BCUT2D eigenvalue weighted by atomic mass is 32.2. The average Bonchev–Trinajstić information content (AvgIpc) is 2.70. The summed E-state index contributed by atoms with van der Waals surface area (Å²) in [4.78, 5) is 0.238. The maximum Gasteiger partial charge on any atom is 0.180 e. The maximum atomic E-state index is 12.1. The second-order valence-electron chi connectivity index (χ2n) is 4.05. The van der Waals surface area contributed by atoms with Crippen molar-refractivity contribution in [2.24, 2.45) is 5.92 Å². The molecule has 2 rings (SSSR count). The molecule has 1 atom stereocenters. The normalized spacial score (nSPS) is 21.1. The van der Waals surface area contributed by atoms with E-state index >= 15 is 0 Å². The van der Waals surface area contributed by atoms with Crippen LogP contribution in [-0.4, -0.2) is 27.4 Å². The number of ether oxygens (including phenoxy) is 1. The summed E-state index contributed by atoms with van der Waals surface area (Å²) in [5, 5.41) is 0. The summed E-state index contributed by atoms with van der Waals surface area (Å²) in [5.74, 6) is 0.228. The number of nitrogens with two attached hydrogens (primary N) is 1. The fraction of sp³-hybridized carbons (Fsp3) is 0.455. The Hall–Kier alpha value is -1.07. The van der Waals surface area contributed by atoms with Gasteiger partial charge in [-0.3, -0.25) is 0 Å². The topological polar surface area (TPSA) is 69.4 Å². The van der Waals surface area contributed by atoms with Gasteiger partial charge in [0.1, 0.15) is 0 Å². The fourth-order valence-corrected chi connectivity index (χ4v) is 3.65. The van der Waals surface area contributed by atoms with Gasteiger partial charge in [0.15, 0.2) is 9.84 Å².